The summed E-state index contributed by atoms with van der Waals surface area (Å²) in [6.45, 7) is 4.53. The van der Waals surface area contributed by atoms with Crippen LogP contribution in [-0.2, 0) is 11.4 Å². The lowest BCUT2D eigenvalue weighted by Gasteiger charge is -2.20. The number of carbonyl (C=O) groups excluding carboxylic acids is 1. The first-order valence-corrected chi connectivity index (χ1v) is 6.58. The number of rotatable bonds is 4. The number of hydrogen-bond acceptors (Lipinski definition) is 2. The molecule has 0 heterocycles. The molecule has 3 heteroatoms. The van der Waals surface area contributed by atoms with Gasteiger partial charge in [-0.2, -0.15) is 0 Å². The fraction of sp³-hybridized carbons (Fsp3) is 0.235. The van der Waals surface area contributed by atoms with Crippen LogP contribution in [0, 0.1) is 13.8 Å². The number of nitrogens with zero attached hydrogens (tertiary/aromatic N) is 1. The Kier molecular flexibility index (Phi) is 4.53. The molecule has 1 amide bonds. The predicted octanol–water partition coefficient (Wildman–Crippen LogP) is 3.51. The van der Waals surface area contributed by atoms with E-state index in [0.29, 0.717) is 12.1 Å². The molecule has 0 aliphatic carbocycles. The maximum Gasteiger partial charge on any atom is 0.277 e. The molecular formula is C17H19NO2. The van der Waals surface area contributed by atoms with Crippen LogP contribution in [0.5, 0.6) is 0 Å². The number of amides is 1. The third-order valence-electron chi connectivity index (χ3n) is 3.08. The van der Waals surface area contributed by atoms with Gasteiger partial charge in [-0.15, -0.1) is 0 Å². The van der Waals surface area contributed by atoms with E-state index in [1.54, 1.807) is 12.1 Å². The second kappa shape index (κ2) is 6.35. The minimum atomic E-state index is -0.132. The van der Waals surface area contributed by atoms with E-state index in [1.807, 2.05) is 32.0 Å². The summed E-state index contributed by atoms with van der Waals surface area (Å²) in [7, 11) is 1.52. The van der Waals surface area contributed by atoms with Crippen LogP contribution >= 0.6 is 0 Å². The summed E-state index contributed by atoms with van der Waals surface area (Å²) in [5.41, 5.74) is 4.05. The SMILES string of the molecule is CON(Cc1cc(C)cc(C)c1)C(=O)c1ccccc1. The Morgan fingerprint density at radius 2 is 1.65 bits per heavy atom. The smallest absolute Gasteiger partial charge is 0.274 e. The minimum Gasteiger partial charge on any atom is -0.274 e. The van der Waals surface area contributed by atoms with Crippen molar-refractivity contribution in [1.29, 1.82) is 0 Å². The van der Waals surface area contributed by atoms with Gasteiger partial charge in [0.15, 0.2) is 0 Å². The van der Waals surface area contributed by atoms with Gasteiger partial charge in [0.05, 0.1) is 13.7 Å². The van der Waals surface area contributed by atoms with Crippen molar-refractivity contribution in [2.24, 2.45) is 0 Å². The molecule has 2 aromatic rings. The van der Waals surface area contributed by atoms with Crippen molar-refractivity contribution in [3.8, 4) is 0 Å². The summed E-state index contributed by atoms with van der Waals surface area (Å²) in [6, 6.07) is 15.4. The Hall–Kier alpha value is -2.13. The average molecular weight is 269 g/mol. The third-order valence-corrected chi connectivity index (χ3v) is 3.08. The molecule has 0 aromatic heterocycles. The van der Waals surface area contributed by atoms with Crippen molar-refractivity contribution in [3.05, 3.63) is 70.8 Å². The summed E-state index contributed by atoms with van der Waals surface area (Å²) in [6.07, 6.45) is 0. The van der Waals surface area contributed by atoms with E-state index < -0.39 is 0 Å². The van der Waals surface area contributed by atoms with Crippen LogP contribution < -0.4 is 0 Å². The lowest BCUT2D eigenvalue weighted by molar-refractivity contribution is -0.102. The molecule has 0 N–H and O–H groups in total. The zero-order valence-electron chi connectivity index (χ0n) is 12.1. The molecule has 0 aliphatic heterocycles. The van der Waals surface area contributed by atoms with Crippen LogP contribution in [0.15, 0.2) is 48.5 Å². The molecule has 2 aromatic carbocycles. The molecule has 104 valence electrons. The van der Waals surface area contributed by atoms with Gasteiger partial charge in [0, 0.05) is 5.56 Å². The van der Waals surface area contributed by atoms with Gasteiger partial charge in [-0.1, -0.05) is 47.5 Å². The van der Waals surface area contributed by atoms with Crippen molar-refractivity contribution in [2.45, 2.75) is 20.4 Å². The van der Waals surface area contributed by atoms with Gasteiger partial charge >= 0.3 is 0 Å². The van der Waals surface area contributed by atoms with Gasteiger partial charge in [0.25, 0.3) is 5.91 Å². The second-order valence-corrected chi connectivity index (χ2v) is 4.89. The first-order chi connectivity index (χ1) is 9.60. The van der Waals surface area contributed by atoms with Gasteiger partial charge in [-0.3, -0.25) is 9.63 Å². The Balaban J connectivity index is 2.18. The zero-order chi connectivity index (χ0) is 14.5. The molecular weight excluding hydrogens is 250 g/mol. The first kappa shape index (κ1) is 14.3. The maximum atomic E-state index is 12.4. The normalized spacial score (nSPS) is 10.3. The summed E-state index contributed by atoms with van der Waals surface area (Å²) < 4.78 is 0. The monoisotopic (exact) mass is 269 g/mol. The van der Waals surface area contributed by atoms with Gasteiger partial charge in [-0.25, -0.2) is 5.06 Å². The van der Waals surface area contributed by atoms with E-state index in [2.05, 4.69) is 18.2 Å². The standard InChI is InChI=1S/C17H19NO2/c1-13-9-14(2)11-15(10-13)12-18(20-3)17(19)16-7-5-4-6-8-16/h4-11H,12H2,1-3H3. The van der Waals surface area contributed by atoms with Crippen molar-refractivity contribution >= 4 is 5.91 Å². The largest absolute Gasteiger partial charge is 0.277 e. The molecule has 0 radical (unpaired) electrons. The molecule has 0 saturated carbocycles. The molecule has 3 nitrogen and oxygen atoms in total. The Morgan fingerprint density at radius 1 is 1.05 bits per heavy atom. The van der Waals surface area contributed by atoms with Crippen molar-refractivity contribution in [1.82, 2.24) is 5.06 Å². The minimum absolute atomic E-state index is 0.132. The Bertz CT molecular complexity index is 573. The lowest BCUT2D eigenvalue weighted by Crippen LogP contribution is -2.29. The van der Waals surface area contributed by atoms with Crippen LogP contribution in [0.25, 0.3) is 0 Å². The quantitative estimate of drug-likeness (QED) is 0.795. The highest BCUT2D eigenvalue weighted by Gasteiger charge is 2.15. The van der Waals surface area contributed by atoms with Crippen LogP contribution in [0.3, 0.4) is 0 Å². The molecule has 2 rings (SSSR count). The highest BCUT2D eigenvalue weighted by atomic mass is 16.7. The topological polar surface area (TPSA) is 29.5 Å². The summed E-state index contributed by atoms with van der Waals surface area (Å²) in [5.74, 6) is -0.132. The van der Waals surface area contributed by atoms with E-state index in [9.17, 15) is 4.79 Å². The van der Waals surface area contributed by atoms with E-state index in [1.165, 1.54) is 23.3 Å². The van der Waals surface area contributed by atoms with Crippen LogP contribution in [-0.4, -0.2) is 18.1 Å². The third kappa shape index (κ3) is 3.45. The molecule has 0 bridgehead atoms. The number of aryl methyl sites for hydroxylation is 2. The molecule has 20 heavy (non-hydrogen) atoms. The Labute approximate surface area is 119 Å². The van der Waals surface area contributed by atoms with E-state index in [4.69, 9.17) is 4.84 Å². The fourth-order valence-corrected chi connectivity index (χ4v) is 2.27. The van der Waals surface area contributed by atoms with Crippen LogP contribution in [0.2, 0.25) is 0 Å². The van der Waals surface area contributed by atoms with Gasteiger partial charge in [0.2, 0.25) is 0 Å². The van der Waals surface area contributed by atoms with Gasteiger partial charge < -0.3 is 0 Å². The van der Waals surface area contributed by atoms with Gasteiger partial charge in [-0.05, 0) is 31.5 Å². The number of hydroxylamine groups is 2. The fourth-order valence-electron chi connectivity index (χ4n) is 2.27. The van der Waals surface area contributed by atoms with E-state index in [0.717, 1.165) is 5.56 Å². The zero-order valence-corrected chi connectivity index (χ0v) is 12.1. The molecule has 0 atom stereocenters. The van der Waals surface area contributed by atoms with Crippen LogP contribution in [0.1, 0.15) is 27.0 Å². The molecule has 0 aliphatic rings. The highest BCUT2D eigenvalue weighted by Crippen LogP contribution is 2.13. The highest BCUT2D eigenvalue weighted by molar-refractivity contribution is 5.93. The van der Waals surface area contributed by atoms with Crippen molar-refractivity contribution in [3.63, 3.8) is 0 Å². The van der Waals surface area contributed by atoms with Gasteiger partial charge in [0.1, 0.15) is 0 Å². The van der Waals surface area contributed by atoms with Crippen molar-refractivity contribution < 1.29 is 9.63 Å². The van der Waals surface area contributed by atoms with E-state index >= 15 is 0 Å². The maximum absolute atomic E-state index is 12.4. The number of carbonyl (C=O) groups is 1. The second-order valence-electron chi connectivity index (χ2n) is 4.89. The molecule has 0 unspecified atom stereocenters. The number of hydrogen-bond donors (Lipinski definition) is 0. The lowest BCUT2D eigenvalue weighted by atomic mass is 10.1. The molecule has 0 fully saturated rings. The summed E-state index contributed by atoms with van der Waals surface area (Å²) in [4.78, 5) is 17.6. The van der Waals surface area contributed by atoms with Crippen molar-refractivity contribution in [2.75, 3.05) is 7.11 Å². The Morgan fingerprint density at radius 3 is 2.20 bits per heavy atom. The average Bonchev–Trinajstić information content (AvgIpc) is 2.44. The molecule has 0 saturated heterocycles. The summed E-state index contributed by atoms with van der Waals surface area (Å²) >= 11 is 0. The number of benzene rings is 2. The first-order valence-electron chi connectivity index (χ1n) is 6.58. The summed E-state index contributed by atoms with van der Waals surface area (Å²) in [5, 5.41) is 1.38. The molecule has 0 spiro atoms. The van der Waals surface area contributed by atoms with E-state index in [-0.39, 0.29) is 5.91 Å². The predicted molar refractivity (Wildman–Crippen MR) is 79.2 cm³/mol. The van der Waals surface area contributed by atoms with Crippen LogP contribution in [0.4, 0.5) is 0 Å².